The molecule has 0 aliphatic rings. The summed E-state index contributed by atoms with van der Waals surface area (Å²) < 4.78 is 6.34. The molecule has 0 aliphatic heterocycles. The van der Waals surface area contributed by atoms with Crippen molar-refractivity contribution < 1.29 is 9.66 Å². The molecule has 7 nitrogen and oxygen atoms in total. The number of nitro groups is 1. The molecule has 0 saturated carbocycles. The third kappa shape index (κ3) is 3.41. The summed E-state index contributed by atoms with van der Waals surface area (Å²) in [6, 6.07) is 7.47. The van der Waals surface area contributed by atoms with E-state index in [9.17, 15) is 10.1 Å². The highest BCUT2D eigenvalue weighted by Gasteiger charge is 2.18. The Morgan fingerprint density at radius 1 is 1.50 bits per heavy atom. The monoisotopic (exact) mass is 338 g/mol. The van der Waals surface area contributed by atoms with Crippen molar-refractivity contribution in [2.24, 2.45) is 0 Å². The summed E-state index contributed by atoms with van der Waals surface area (Å²) in [5.74, 6) is 0.203. The van der Waals surface area contributed by atoms with Crippen LogP contribution < -0.4 is 10.1 Å². The maximum Gasteiger partial charge on any atom is 0.349 e. The van der Waals surface area contributed by atoms with Crippen molar-refractivity contribution in [2.45, 2.75) is 6.61 Å². The van der Waals surface area contributed by atoms with E-state index in [1.807, 2.05) is 24.3 Å². The Hall–Kier alpha value is -2.22. The molecule has 0 saturated heterocycles. The van der Waals surface area contributed by atoms with E-state index in [1.165, 1.54) is 0 Å². The summed E-state index contributed by atoms with van der Waals surface area (Å²) in [5, 5.41) is 13.6. The molecule has 0 radical (unpaired) electrons. The highest BCUT2D eigenvalue weighted by atomic mass is 79.9. The number of halogens is 1. The van der Waals surface area contributed by atoms with Crippen LogP contribution in [0.15, 0.2) is 34.9 Å². The number of nitrogens with zero attached hydrogens (tertiary/aromatic N) is 3. The van der Waals surface area contributed by atoms with Gasteiger partial charge in [-0.1, -0.05) is 28.1 Å². The van der Waals surface area contributed by atoms with Gasteiger partial charge in [-0.25, -0.2) is 4.98 Å². The van der Waals surface area contributed by atoms with Gasteiger partial charge in [-0.3, -0.25) is 10.1 Å². The average Bonchev–Trinajstić information content (AvgIpc) is 2.44. The number of aromatic nitrogens is 2. The second-order valence-corrected chi connectivity index (χ2v) is 4.73. The first-order chi connectivity index (χ1) is 9.60. The fraction of sp³-hybridized carbons (Fsp3) is 0.167. The average molecular weight is 339 g/mol. The van der Waals surface area contributed by atoms with Gasteiger partial charge >= 0.3 is 5.69 Å². The van der Waals surface area contributed by atoms with Crippen LogP contribution in [0, 0.1) is 10.1 Å². The van der Waals surface area contributed by atoms with Crippen molar-refractivity contribution in [1.29, 1.82) is 0 Å². The number of anilines is 1. The fourth-order valence-electron chi connectivity index (χ4n) is 1.49. The smallest absolute Gasteiger partial charge is 0.349 e. The van der Waals surface area contributed by atoms with Crippen LogP contribution >= 0.6 is 15.9 Å². The topological polar surface area (TPSA) is 90.2 Å². The molecule has 1 N–H and O–H groups in total. The Morgan fingerprint density at radius 2 is 2.30 bits per heavy atom. The Balaban J connectivity index is 2.21. The van der Waals surface area contributed by atoms with Gasteiger partial charge in [0.2, 0.25) is 5.95 Å². The van der Waals surface area contributed by atoms with E-state index in [4.69, 9.17) is 4.74 Å². The molecular weight excluding hydrogens is 328 g/mol. The van der Waals surface area contributed by atoms with Crippen molar-refractivity contribution in [3.05, 3.63) is 50.6 Å². The lowest BCUT2D eigenvalue weighted by molar-refractivity contribution is -0.386. The standard InChI is InChI=1S/C12H11BrN4O3/c1-14-12-15-6-10(17(18)19)11(16-12)20-7-8-3-2-4-9(13)5-8/h2-6H,7H2,1H3,(H,14,15,16). The molecule has 0 unspecified atom stereocenters. The third-order valence-corrected chi connectivity index (χ3v) is 2.91. The van der Waals surface area contributed by atoms with Gasteiger partial charge in [0.1, 0.15) is 12.8 Å². The Morgan fingerprint density at radius 3 is 2.95 bits per heavy atom. The summed E-state index contributed by atoms with van der Waals surface area (Å²) >= 11 is 3.35. The zero-order valence-electron chi connectivity index (χ0n) is 10.5. The zero-order valence-corrected chi connectivity index (χ0v) is 12.1. The van der Waals surface area contributed by atoms with Gasteiger partial charge in [-0.05, 0) is 17.7 Å². The van der Waals surface area contributed by atoms with Crippen LogP contribution in [0.4, 0.5) is 11.6 Å². The molecule has 2 rings (SSSR count). The summed E-state index contributed by atoms with van der Waals surface area (Å²) in [7, 11) is 1.62. The van der Waals surface area contributed by atoms with Gasteiger partial charge in [0.15, 0.2) is 0 Å². The molecule has 0 bridgehead atoms. The molecule has 1 heterocycles. The number of nitrogens with one attached hydrogen (secondary N) is 1. The molecule has 104 valence electrons. The lowest BCUT2D eigenvalue weighted by Crippen LogP contribution is -2.04. The normalized spacial score (nSPS) is 10.1. The predicted molar refractivity (Wildman–Crippen MR) is 76.7 cm³/mol. The van der Waals surface area contributed by atoms with Gasteiger partial charge in [0, 0.05) is 11.5 Å². The molecule has 8 heteroatoms. The minimum absolute atomic E-state index is 0.0608. The van der Waals surface area contributed by atoms with Crippen LogP contribution in [-0.2, 0) is 6.61 Å². The van der Waals surface area contributed by atoms with Crippen molar-refractivity contribution in [2.75, 3.05) is 12.4 Å². The molecule has 0 aliphatic carbocycles. The van der Waals surface area contributed by atoms with E-state index < -0.39 is 4.92 Å². The van der Waals surface area contributed by atoms with E-state index in [2.05, 4.69) is 31.2 Å². The second-order valence-electron chi connectivity index (χ2n) is 3.81. The number of hydrogen-bond acceptors (Lipinski definition) is 6. The maximum absolute atomic E-state index is 10.9. The van der Waals surface area contributed by atoms with Crippen molar-refractivity contribution in [3.63, 3.8) is 0 Å². The quantitative estimate of drug-likeness (QED) is 0.665. The van der Waals surface area contributed by atoms with Gasteiger partial charge in [0.05, 0.1) is 4.92 Å². The van der Waals surface area contributed by atoms with Crippen LogP contribution in [-0.4, -0.2) is 21.9 Å². The summed E-state index contributed by atoms with van der Waals surface area (Å²) in [5.41, 5.74) is 0.609. The molecule has 0 fully saturated rings. The van der Waals surface area contributed by atoms with Crippen LogP contribution in [0.3, 0.4) is 0 Å². The fourth-order valence-corrected chi connectivity index (χ4v) is 1.94. The Kier molecular flexibility index (Phi) is 4.46. The van der Waals surface area contributed by atoms with Gasteiger partial charge in [0.25, 0.3) is 5.88 Å². The number of ether oxygens (including phenoxy) is 1. The molecular formula is C12H11BrN4O3. The van der Waals surface area contributed by atoms with Gasteiger partial charge in [-0.15, -0.1) is 0 Å². The predicted octanol–water partition coefficient (Wildman–Crippen LogP) is 2.77. The summed E-state index contributed by atoms with van der Waals surface area (Å²) in [6.45, 7) is 0.181. The van der Waals surface area contributed by atoms with E-state index in [-0.39, 0.29) is 24.1 Å². The minimum atomic E-state index is -0.574. The third-order valence-electron chi connectivity index (χ3n) is 2.42. The molecule has 2 aromatic rings. The zero-order chi connectivity index (χ0) is 14.5. The van der Waals surface area contributed by atoms with Crippen molar-refractivity contribution in [3.8, 4) is 5.88 Å². The van der Waals surface area contributed by atoms with E-state index in [0.29, 0.717) is 0 Å². The molecule has 0 atom stereocenters. The molecule has 1 aromatic heterocycles. The molecule has 20 heavy (non-hydrogen) atoms. The van der Waals surface area contributed by atoms with Crippen molar-refractivity contribution in [1.82, 2.24) is 9.97 Å². The van der Waals surface area contributed by atoms with Crippen LogP contribution in [0.5, 0.6) is 5.88 Å². The highest BCUT2D eigenvalue weighted by Crippen LogP contribution is 2.25. The van der Waals surface area contributed by atoms with Gasteiger partial charge in [-0.2, -0.15) is 4.98 Å². The number of benzene rings is 1. The second kappa shape index (κ2) is 6.29. The van der Waals surface area contributed by atoms with E-state index >= 15 is 0 Å². The van der Waals surface area contributed by atoms with Crippen molar-refractivity contribution >= 4 is 27.6 Å². The van der Waals surface area contributed by atoms with E-state index in [1.54, 1.807) is 7.05 Å². The first kappa shape index (κ1) is 14.2. The summed E-state index contributed by atoms with van der Waals surface area (Å²) in [4.78, 5) is 18.1. The van der Waals surface area contributed by atoms with Crippen LogP contribution in [0.1, 0.15) is 5.56 Å². The SMILES string of the molecule is CNc1ncc([N+](=O)[O-])c(OCc2cccc(Br)c2)n1. The van der Waals surface area contributed by atoms with Gasteiger partial charge < -0.3 is 10.1 Å². The van der Waals surface area contributed by atoms with Crippen LogP contribution in [0.2, 0.25) is 0 Å². The van der Waals surface area contributed by atoms with Crippen LogP contribution in [0.25, 0.3) is 0 Å². The Bertz CT molecular complexity index is 636. The Labute approximate surface area is 123 Å². The summed E-state index contributed by atoms with van der Waals surface area (Å²) in [6.07, 6.45) is 1.12. The largest absolute Gasteiger partial charge is 0.468 e. The highest BCUT2D eigenvalue weighted by molar-refractivity contribution is 9.10. The van der Waals surface area contributed by atoms with E-state index in [0.717, 1.165) is 16.2 Å². The maximum atomic E-state index is 10.9. The molecule has 1 aromatic carbocycles. The lowest BCUT2D eigenvalue weighted by Gasteiger charge is -2.07. The molecule has 0 amide bonds. The number of hydrogen-bond donors (Lipinski definition) is 1. The first-order valence-electron chi connectivity index (χ1n) is 5.66. The first-order valence-corrected chi connectivity index (χ1v) is 6.46. The lowest BCUT2D eigenvalue weighted by atomic mass is 10.2. The minimum Gasteiger partial charge on any atom is -0.468 e. The number of rotatable bonds is 5. The molecule has 0 spiro atoms.